The fourth-order valence-corrected chi connectivity index (χ4v) is 2.90. The quantitative estimate of drug-likeness (QED) is 0.927. The molecule has 0 saturated heterocycles. The molecule has 0 aliphatic heterocycles. The van der Waals surface area contributed by atoms with Gasteiger partial charge in [-0.2, -0.15) is 0 Å². The fourth-order valence-electron chi connectivity index (χ4n) is 2.90. The minimum atomic E-state index is -0.273. The topological polar surface area (TPSA) is 35.2 Å². The highest BCUT2D eigenvalue weighted by Gasteiger charge is 2.19. The van der Waals surface area contributed by atoms with Crippen molar-refractivity contribution in [2.45, 2.75) is 38.3 Å². The van der Waals surface area contributed by atoms with Gasteiger partial charge in [0, 0.05) is 6.04 Å². The van der Waals surface area contributed by atoms with E-state index in [0.717, 1.165) is 24.2 Å². The molecule has 1 aliphatic rings. The van der Waals surface area contributed by atoms with Gasteiger partial charge in [-0.3, -0.25) is 0 Å². The van der Waals surface area contributed by atoms with Crippen molar-refractivity contribution in [1.29, 1.82) is 0 Å². The molecule has 0 fully saturated rings. The highest BCUT2D eigenvalue weighted by molar-refractivity contribution is 5.39. The minimum absolute atomic E-state index is 0.177. The van der Waals surface area contributed by atoms with Crippen LogP contribution in [0.4, 0.5) is 4.39 Å². The van der Waals surface area contributed by atoms with Gasteiger partial charge in [0.25, 0.3) is 0 Å². The number of benzene rings is 2. The van der Waals surface area contributed by atoms with Gasteiger partial charge in [0.1, 0.15) is 17.7 Å². The van der Waals surface area contributed by atoms with Crippen LogP contribution in [0.3, 0.4) is 0 Å². The van der Waals surface area contributed by atoms with E-state index in [-0.39, 0.29) is 18.0 Å². The molecule has 1 aliphatic carbocycles. The first-order valence-corrected chi connectivity index (χ1v) is 7.43. The van der Waals surface area contributed by atoms with Gasteiger partial charge < -0.3 is 10.5 Å². The van der Waals surface area contributed by atoms with E-state index in [1.807, 2.05) is 13.0 Å². The Morgan fingerprint density at radius 3 is 2.48 bits per heavy atom. The maximum Gasteiger partial charge on any atom is 0.138 e. The minimum Gasteiger partial charge on any atom is -0.484 e. The molecule has 0 bridgehead atoms. The van der Waals surface area contributed by atoms with E-state index in [9.17, 15) is 4.39 Å². The van der Waals surface area contributed by atoms with E-state index in [0.29, 0.717) is 0 Å². The molecule has 3 rings (SSSR count). The third-order valence-corrected chi connectivity index (χ3v) is 4.01. The summed E-state index contributed by atoms with van der Waals surface area (Å²) in [6.07, 6.45) is 3.22. The van der Waals surface area contributed by atoms with Gasteiger partial charge in [-0.15, -0.1) is 0 Å². The summed E-state index contributed by atoms with van der Waals surface area (Å²) in [5.41, 5.74) is 9.73. The van der Waals surface area contributed by atoms with E-state index < -0.39 is 0 Å². The summed E-state index contributed by atoms with van der Waals surface area (Å²) in [5, 5.41) is 0. The molecular formula is C18H20FNO. The van der Waals surface area contributed by atoms with Crippen molar-refractivity contribution in [2.24, 2.45) is 5.73 Å². The zero-order chi connectivity index (χ0) is 14.8. The van der Waals surface area contributed by atoms with Crippen molar-refractivity contribution in [3.05, 3.63) is 65.0 Å². The number of hydrogen-bond acceptors (Lipinski definition) is 2. The van der Waals surface area contributed by atoms with Crippen LogP contribution in [0.15, 0.2) is 42.5 Å². The molecule has 110 valence electrons. The van der Waals surface area contributed by atoms with E-state index in [2.05, 4.69) is 12.1 Å². The Balaban J connectivity index is 1.84. The first kappa shape index (κ1) is 14.1. The Kier molecular flexibility index (Phi) is 3.93. The summed E-state index contributed by atoms with van der Waals surface area (Å²) >= 11 is 0. The zero-order valence-electron chi connectivity index (χ0n) is 12.2. The molecule has 0 radical (unpaired) electrons. The summed E-state index contributed by atoms with van der Waals surface area (Å²) < 4.78 is 19.1. The van der Waals surface area contributed by atoms with E-state index in [1.165, 1.54) is 29.7 Å². The first-order chi connectivity index (χ1) is 10.1. The molecule has 0 heterocycles. The maximum absolute atomic E-state index is 13.1. The molecule has 2 N–H and O–H groups in total. The Morgan fingerprint density at radius 2 is 1.76 bits per heavy atom. The number of halogens is 1. The summed E-state index contributed by atoms with van der Waals surface area (Å²) in [6, 6.07) is 12.4. The lowest BCUT2D eigenvalue weighted by Gasteiger charge is -2.23. The number of nitrogens with two attached hydrogens (primary N) is 1. The third-order valence-electron chi connectivity index (χ3n) is 4.01. The average Bonchev–Trinajstić information content (AvgIpc) is 2.93. The molecule has 3 heteroatoms. The lowest BCUT2D eigenvalue weighted by atomic mass is 10.0. The summed E-state index contributed by atoms with van der Waals surface area (Å²) in [5.74, 6) is 0.585. The predicted molar refractivity (Wildman–Crippen MR) is 81.9 cm³/mol. The molecule has 21 heavy (non-hydrogen) atoms. The van der Waals surface area contributed by atoms with Crippen LogP contribution in [0.5, 0.6) is 5.75 Å². The Morgan fingerprint density at radius 1 is 1.05 bits per heavy atom. The van der Waals surface area contributed by atoms with Gasteiger partial charge in [0.15, 0.2) is 0 Å². The van der Waals surface area contributed by atoms with Crippen molar-refractivity contribution in [1.82, 2.24) is 0 Å². The second-order valence-corrected chi connectivity index (χ2v) is 5.73. The van der Waals surface area contributed by atoms with Crippen LogP contribution in [0.2, 0.25) is 0 Å². The Hall–Kier alpha value is -1.87. The van der Waals surface area contributed by atoms with Crippen LogP contribution < -0.4 is 10.5 Å². The standard InChI is InChI=1S/C18H20FNO/c1-12(20)18(14-5-8-16(19)9-6-14)21-17-10-7-13-3-2-4-15(13)11-17/h5-12,18H,2-4,20H2,1H3. The van der Waals surface area contributed by atoms with Crippen LogP contribution in [0.1, 0.15) is 36.1 Å². The smallest absolute Gasteiger partial charge is 0.138 e. The van der Waals surface area contributed by atoms with Crippen LogP contribution in [-0.4, -0.2) is 6.04 Å². The number of aryl methyl sites for hydroxylation is 2. The molecule has 0 spiro atoms. The number of ether oxygens (including phenoxy) is 1. The molecular weight excluding hydrogens is 265 g/mol. The van der Waals surface area contributed by atoms with Crippen molar-refractivity contribution in [3.8, 4) is 5.75 Å². The van der Waals surface area contributed by atoms with Crippen molar-refractivity contribution in [2.75, 3.05) is 0 Å². The second kappa shape index (κ2) is 5.86. The van der Waals surface area contributed by atoms with Crippen molar-refractivity contribution >= 4 is 0 Å². The van der Waals surface area contributed by atoms with Crippen LogP contribution in [-0.2, 0) is 12.8 Å². The summed E-state index contributed by atoms with van der Waals surface area (Å²) in [7, 11) is 0. The van der Waals surface area contributed by atoms with Gasteiger partial charge >= 0.3 is 0 Å². The predicted octanol–water partition coefficient (Wildman–Crippen LogP) is 3.78. The lowest BCUT2D eigenvalue weighted by Crippen LogP contribution is -2.29. The van der Waals surface area contributed by atoms with Crippen molar-refractivity contribution in [3.63, 3.8) is 0 Å². The van der Waals surface area contributed by atoms with E-state index in [4.69, 9.17) is 10.5 Å². The summed E-state index contributed by atoms with van der Waals surface area (Å²) in [4.78, 5) is 0. The molecule has 2 unspecified atom stereocenters. The average molecular weight is 285 g/mol. The normalized spacial score (nSPS) is 16.3. The number of rotatable bonds is 4. The monoisotopic (exact) mass is 285 g/mol. The van der Waals surface area contributed by atoms with Gasteiger partial charge in [-0.25, -0.2) is 4.39 Å². The molecule has 2 atom stereocenters. The number of hydrogen-bond donors (Lipinski definition) is 1. The summed E-state index contributed by atoms with van der Waals surface area (Å²) in [6.45, 7) is 1.90. The van der Waals surface area contributed by atoms with E-state index in [1.54, 1.807) is 12.1 Å². The molecule has 2 aromatic carbocycles. The van der Waals surface area contributed by atoms with E-state index >= 15 is 0 Å². The van der Waals surface area contributed by atoms with Crippen LogP contribution in [0, 0.1) is 5.82 Å². The largest absolute Gasteiger partial charge is 0.484 e. The molecule has 0 aromatic heterocycles. The van der Waals surface area contributed by atoms with Gasteiger partial charge in [0.2, 0.25) is 0 Å². The Bertz CT molecular complexity index is 622. The second-order valence-electron chi connectivity index (χ2n) is 5.73. The lowest BCUT2D eigenvalue weighted by molar-refractivity contribution is 0.180. The van der Waals surface area contributed by atoms with Gasteiger partial charge in [0.05, 0.1) is 0 Å². The molecule has 2 nitrogen and oxygen atoms in total. The van der Waals surface area contributed by atoms with Gasteiger partial charge in [-0.05, 0) is 67.1 Å². The molecule has 0 saturated carbocycles. The third kappa shape index (κ3) is 3.08. The fraction of sp³-hybridized carbons (Fsp3) is 0.333. The van der Waals surface area contributed by atoms with Gasteiger partial charge in [-0.1, -0.05) is 18.2 Å². The SMILES string of the molecule is CC(N)C(Oc1ccc2c(c1)CCC2)c1ccc(F)cc1. The first-order valence-electron chi connectivity index (χ1n) is 7.43. The number of fused-ring (bicyclic) bond motifs is 1. The molecule has 0 amide bonds. The van der Waals surface area contributed by atoms with Crippen LogP contribution >= 0.6 is 0 Å². The zero-order valence-corrected chi connectivity index (χ0v) is 12.2. The Labute approximate surface area is 124 Å². The molecule has 2 aromatic rings. The van der Waals surface area contributed by atoms with Crippen LogP contribution in [0.25, 0.3) is 0 Å². The maximum atomic E-state index is 13.1. The highest BCUT2D eigenvalue weighted by Crippen LogP contribution is 2.29. The highest BCUT2D eigenvalue weighted by atomic mass is 19.1. The van der Waals surface area contributed by atoms with Crippen molar-refractivity contribution < 1.29 is 9.13 Å².